The Labute approximate surface area is 177 Å². The van der Waals surface area contributed by atoms with E-state index in [0.29, 0.717) is 17.0 Å². The molecule has 0 aliphatic carbocycles. The van der Waals surface area contributed by atoms with Crippen molar-refractivity contribution < 1.29 is 19.2 Å². The van der Waals surface area contributed by atoms with Crippen LogP contribution in [0, 0.1) is 17.0 Å². The summed E-state index contributed by atoms with van der Waals surface area (Å²) in [5.41, 5.74) is 2.08. The number of nitro benzene ring substituents is 1. The summed E-state index contributed by atoms with van der Waals surface area (Å²) in [4.78, 5) is 36.7. The molecule has 1 aliphatic heterocycles. The van der Waals surface area contributed by atoms with Gasteiger partial charge in [-0.3, -0.25) is 10.1 Å². The molecule has 1 heterocycles. The number of non-ortho nitro benzene ring substituents is 1. The van der Waals surface area contributed by atoms with E-state index in [2.05, 4.69) is 10.6 Å². The smallest absolute Gasteiger partial charge is 0.338 e. The number of nitro groups is 1. The molecule has 0 fully saturated rings. The van der Waals surface area contributed by atoms with Gasteiger partial charge in [0.2, 0.25) is 0 Å². The van der Waals surface area contributed by atoms with E-state index in [0.717, 1.165) is 10.5 Å². The second kappa shape index (κ2) is 9.45. The minimum absolute atomic E-state index is 0.126. The van der Waals surface area contributed by atoms with Crippen LogP contribution in [-0.4, -0.2) is 29.3 Å². The third-order valence-corrected chi connectivity index (χ3v) is 5.51. The van der Waals surface area contributed by atoms with E-state index in [9.17, 15) is 19.7 Å². The van der Waals surface area contributed by atoms with Crippen molar-refractivity contribution in [2.45, 2.75) is 24.8 Å². The largest absolute Gasteiger partial charge is 0.463 e. The summed E-state index contributed by atoms with van der Waals surface area (Å²) in [5, 5.41) is 16.5. The van der Waals surface area contributed by atoms with Gasteiger partial charge in [-0.1, -0.05) is 29.8 Å². The average molecular weight is 427 g/mol. The van der Waals surface area contributed by atoms with Gasteiger partial charge in [0.1, 0.15) is 0 Å². The highest BCUT2D eigenvalue weighted by Crippen LogP contribution is 2.32. The van der Waals surface area contributed by atoms with Crippen LogP contribution in [0.15, 0.2) is 64.7 Å². The lowest BCUT2D eigenvalue weighted by atomic mass is 9.95. The maximum Gasteiger partial charge on any atom is 0.338 e. The molecule has 1 aliphatic rings. The van der Waals surface area contributed by atoms with Crippen LogP contribution in [0.1, 0.15) is 24.1 Å². The zero-order chi connectivity index (χ0) is 21.7. The highest BCUT2D eigenvalue weighted by molar-refractivity contribution is 7.99. The molecule has 0 saturated carbocycles. The normalized spacial score (nSPS) is 15.9. The molecule has 0 bridgehead atoms. The van der Waals surface area contributed by atoms with E-state index in [1.165, 1.54) is 30.0 Å². The predicted octanol–water partition coefficient (Wildman–Crippen LogP) is 3.87. The molecule has 0 spiro atoms. The van der Waals surface area contributed by atoms with Crippen molar-refractivity contribution in [2.24, 2.45) is 0 Å². The summed E-state index contributed by atoms with van der Waals surface area (Å²) >= 11 is 1.47. The van der Waals surface area contributed by atoms with Gasteiger partial charge in [0.15, 0.2) is 0 Å². The minimum Gasteiger partial charge on any atom is -0.463 e. The molecule has 1 unspecified atom stereocenters. The Morgan fingerprint density at radius 2 is 1.97 bits per heavy atom. The highest BCUT2D eigenvalue weighted by Gasteiger charge is 2.34. The van der Waals surface area contributed by atoms with Crippen molar-refractivity contribution in [2.75, 3.05) is 12.4 Å². The van der Waals surface area contributed by atoms with Crippen LogP contribution in [0.5, 0.6) is 0 Å². The number of amides is 2. The monoisotopic (exact) mass is 427 g/mol. The van der Waals surface area contributed by atoms with Crippen molar-refractivity contribution in [3.05, 3.63) is 81.0 Å². The Hall–Kier alpha value is -3.33. The molecule has 2 amide bonds. The third-order valence-electron chi connectivity index (χ3n) is 4.47. The zero-order valence-electron chi connectivity index (χ0n) is 16.5. The molecule has 2 aromatic carbocycles. The Kier molecular flexibility index (Phi) is 6.73. The third kappa shape index (κ3) is 4.98. The average Bonchev–Trinajstić information content (AvgIpc) is 2.73. The summed E-state index contributed by atoms with van der Waals surface area (Å²) in [6, 6.07) is 12.4. The van der Waals surface area contributed by atoms with Gasteiger partial charge in [0, 0.05) is 28.5 Å². The van der Waals surface area contributed by atoms with Crippen molar-refractivity contribution in [3.8, 4) is 0 Å². The summed E-state index contributed by atoms with van der Waals surface area (Å²) in [6.45, 7) is 3.85. The number of urea groups is 1. The van der Waals surface area contributed by atoms with Crippen LogP contribution in [0.25, 0.3) is 0 Å². The number of hydrogen-bond donors (Lipinski definition) is 2. The second-order valence-electron chi connectivity index (χ2n) is 6.60. The molecule has 30 heavy (non-hydrogen) atoms. The lowest BCUT2D eigenvalue weighted by Gasteiger charge is -2.29. The van der Waals surface area contributed by atoms with E-state index in [4.69, 9.17) is 4.74 Å². The van der Waals surface area contributed by atoms with Crippen LogP contribution in [0.3, 0.4) is 0 Å². The van der Waals surface area contributed by atoms with E-state index in [1.807, 2.05) is 31.2 Å². The zero-order valence-corrected chi connectivity index (χ0v) is 17.3. The minimum atomic E-state index is -0.855. The molecule has 156 valence electrons. The summed E-state index contributed by atoms with van der Waals surface area (Å²) < 4.78 is 5.21. The van der Waals surface area contributed by atoms with Gasteiger partial charge < -0.3 is 15.4 Å². The van der Waals surface area contributed by atoms with E-state index < -0.39 is 23.0 Å². The van der Waals surface area contributed by atoms with E-state index in [-0.39, 0.29) is 17.9 Å². The molecular weight excluding hydrogens is 406 g/mol. The number of esters is 1. The van der Waals surface area contributed by atoms with Crippen molar-refractivity contribution in [1.29, 1.82) is 0 Å². The van der Waals surface area contributed by atoms with Gasteiger partial charge in [-0.2, -0.15) is 0 Å². The second-order valence-corrected chi connectivity index (χ2v) is 7.65. The fraction of sp³-hybridized carbons (Fsp3) is 0.238. The van der Waals surface area contributed by atoms with Crippen molar-refractivity contribution >= 4 is 29.4 Å². The van der Waals surface area contributed by atoms with Crippen LogP contribution in [-0.2, 0) is 9.53 Å². The molecule has 2 N–H and O–H groups in total. The fourth-order valence-corrected chi connectivity index (χ4v) is 3.91. The maximum absolute atomic E-state index is 12.8. The first-order valence-electron chi connectivity index (χ1n) is 9.30. The summed E-state index contributed by atoms with van der Waals surface area (Å²) in [7, 11) is 0. The van der Waals surface area contributed by atoms with Crippen LogP contribution in [0.4, 0.5) is 10.5 Å². The number of aryl methyl sites for hydroxylation is 1. The lowest BCUT2D eigenvalue weighted by molar-refractivity contribution is -0.384. The Bertz CT molecular complexity index is 1000. The van der Waals surface area contributed by atoms with E-state index in [1.54, 1.807) is 13.0 Å². The van der Waals surface area contributed by atoms with Gasteiger partial charge in [0.05, 0.1) is 23.1 Å². The number of benzene rings is 2. The molecule has 0 aromatic heterocycles. The molecule has 0 saturated heterocycles. The topological polar surface area (TPSA) is 111 Å². The molecule has 8 nitrogen and oxygen atoms in total. The standard InChI is InChI=1S/C21H21N3O5S/c1-3-29-20(25)18-17(12-30-16-9-7-13(2)8-10-16)22-21(26)23-19(18)14-5-4-6-15(11-14)24(27)28/h4-11,19H,3,12H2,1-2H3,(H2,22,23,26). The number of thioether (sulfide) groups is 1. The molecule has 0 radical (unpaired) electrons. The SMILES string of the molecule is CCOC(=O)C1=C(CSc2ccc(C)cc2)NC(=O)NC1c1cccc([N+](=O)[O-])c1. The number of rotatable bonds is 7. The number of nitrogens with one attached hydrogen (secondary N) is 2. The van der Waals surface area contributed by atoms with Gasteiger partial charge in [-0.15, -0.1) is 11.8 Å². The number of carbonyl (C=O) groups excluding carboxylic acids is 2. The number of carbonyl (C=O) groups is 2. The first-order chi connectivity index (χ1) is 14.4. The molecule has 3 rings (SSSR count). The van der Waals surface area contributed by atoms with Crippen LogP contribution >= 0.6 is 11.8 Å². The predicted molar refractivity (Wildman–Crippen MR) is 113 cm³/mol. The molecule has 2 aromatic rings. The Balaban J connectivity index is 1.99. The molecule has 1 atom stereocenters. The maximum atomic E-state index is 12.8. The number of nitrogens with zero attached hydrogens (tertiary/aromatic N) is 1. The number of ether oxygens (including phenoxy) is 1. The first kappa shape index (κ1) is 21.4. The van der Waals surface area contributed by atoms with Crippen LogP contribution in [0.2, 0.25) is 0 Å². The molecular formula is C21H21N3O5S. The Morgan fingerprint density at radius 1 is 1.23 bits per heavy atom. The molecule has 9 heteroatoms. The van der Waals surface area contributed by atoms with Gasteiger partial charge in [0.25, 0.3) is 5.69 Å². The Morgan fingerprint density at radius 3 is 2.63 bits per heavy atom. The first-order valence-corrected chi connectivity index (χ1v) is 10.3. The van der Waals surface area contributed by atoms with Gasteiger partial charge >= 0.3 is 12.0 Å². The lowest BCUT2D eigenvalue weighted by Crippen LogP contribution is -2.46. The number of hydrogen-bond acceptors (Lipinski definition) is 6. The fourth-order valence-electron chi connectivity index (χ4n) is 3.04. The van der Waals surface area contributed by atoms with Crippen molar-refractivity contribution in [1.82, 2.24) is 10.6 Å². The van der Waals surface area contributed by atoms with Gasteiger partial charge in [-0.25, -0.2) is 9.59 Å². The van der Waals surface area contributed by atoms with E-state index >= 15 is 0 Å². The van der Waals surface area contributed by atoms with Gasteiger partial charge in [-0.05, 0) is 31.5 Å². The quantitative estimate of drug-likeness (QED) is 0.300. The summed E-state index contributed by atoms with van der Waals surface area (Å²) in [6.07, 6.45) is 0. The highest BCUT2D eigenvalue weighted by atomic mass is 32.2. The van der Waals surface area contributed by atoms with Crippen LogP contribution < -0.4 is 10.6 Å². The van der Waals surface area contributed by atoms with Crippen molar-refractivity contribution in [3.63, 3.8) is 0 Å². The summed E-state index contributed by atoms with van der Waals surface area (Å²) in [5.74, 6) is -0.253.